The fourth-order valence-corrected chi connectivity index (χ4v) is 2.26. The monoisotopic (exact) mass is 350 g/mol. The molecule has 134 valence electrons. The quantitative estimate of drug-likeness (QED) is 0.715. The first kappa shape index (κ1) is 19.0. The Balaban J connectivity index is 1.98. The van der Waals surface area contributed by atoms with Crippen molar-refractivity contribution in [3.05, 3.63) is 59.7 Å². The molecule has 2 rings (SSSR count). The molecule has 6 nitrogen and oxygen atoms in total. The molecule has 0 bridgehead atoms. The third-order valence-electron chi connectivity index (χ3n) is 3.56. The Labute approximate surface area is 153 Å². The Morgan fingerprint density at radius 3 is 2.62 bits per heavy atom. The van der Waals surface area contributed by atoms with Crippen molar-refractivity contribution in [3.8, 4) is 6.07 Å². The van der Waals surface area contributed by atoms with Crippen molar-refractivity contribution in [2.24, 2.45) is 5.92 Å². The zero-order valence-electron chi connectivity index (χ0n) is 14.9. The number of amides is 2. The Hall–Kier alpha value is -3.33. The standard InChI is InChI=1S/C20H22N4O2/c1-14(2)12-23-20(26)17-8-3-4-9-18(17)24-19(25)13-22-16-7-5-6-15(10-16)11-21/h3-10,14,22H,12-13H2,1-2H3,(H,23,26)(H,24,25). The van der Waals surface area contributed by atoms with Gasteiger partial charge in [0.1, 0.15) is 0 Å². The van der Waals surface area contributed by atoms with Gasteiger partial charge in [-0.25, -0.2) is 0 Å². The van der Waals surface area contributed by atoms with Gasteiger partial charge in [0.2, 0.25) is 5.91 Å². The molecule has 0 spiro atoms. The number of para-hydroxylation sites is 1. The highest BCUT2D eigenvalue weighted by Crippen LogP contribution is 2.15. The normalized spacial score (nSPS) is 10.1. The molecule has 0 unspecified atom stereocenters. The van der Waals surface area contributed by atoms with Crippen LogP contribution in [-0.4, -0.2) is 24.9 Å². The van der Waals surface area contributed by atoms with Crippen LogP contribution >= 0.6 is 0 Å². The highest BCUT2D eigenvalue weighted by molar-refractivity contribution is 6.04. The molecule has 0 atom stereocenters. The summed E-state index contributed by atoms with van der Waals surface area (Å²) in [6, 6.07) is 15.8. The molecule has 0 heterocycles. The Morgan fingerprint density at radius 1 is 1.12 bits per heavy atom. The van der Waals surface area contributed by atoms with Crippen LogP contribution in [0.15, 0.2) is 48.5 Å². The summed E-state index contributed by atoms with van der Waals surface area (Å²) in [6.45, 7) is 4.62. The largest absolute Gasteiger partial charge is 0.376 e. The molecule has 2 aromatic carbocycles. The second kappa shape index (κ2) is 9.23. The van der Waals surface area contributed by atoms with Gasteiger partial charge in [0.05, 0.1) is 29.4 Å². The maximum Gasteiger partial charge on any atom is 0.253 e. The van der Waals surface area contributed by atoms with E-state index >= 15 is 0 Å². The van der Waals surface area contributed by atoms with Crippen molar-refractivity contribution in [3.63, 3.8) is 0 Å². The van der Waals surface area contributed by atoms with Gasteiger partial charge in [-0.15, -0.1) is 0 Å². The predicted molar refractivity (Wildman–Crippen MR) is 102 cm³/mol. The summed E-state index contributed by atoms with van der Waals surface area (Å²) in [5.41, 5.74) is 2.09. The van der Waals surface area contributed by atoms with E-state index in [0.29, 0.717) is 35.0 Å². The average Bonchev–Trinajstić information content (AvgIpc) is 2.65. The molecule has 26 heavy (non-hydrogen) atoms. The summed E-state index contributed by atoms with van der Waals surface area (Å²) in [7, 11) is 0. The maximum atomic E-state index is 12.3. The number of benzene rings is 2. The Kier molecular flexibility index (Phi) is 6.75. The Morgan fingerprint density at radius 2 is 1.88 bits per heavy atom. The molecule has 0 saturated carbocycles. The van der Waals surface area contributed by atoms with Gasteiger partial charge < -0.3 is 16.0 Å². The lowest BCUT2D eigenvalue weighted by Crippen LogP contribution is -2.29. The number of hydrogen-bond donors (Lipinski definition) is 3. The van der Waals surface area contributed by atoms with E-state index in [1.807, 2.05) is 19.9 Å². The highest BCUT2D eigenvalue weighted by atomic mass is 16.2. The number of hydrogen-bond acceptors (Lipinski definition) is 4. The molecule has 0 aliphatic carbocycles. The summed E-state index contributed by atoms with van der Waals surface area (Å²) in [6.07, 6.45) is 0. The second-order valence-electron chi connectivity index (χ2n) is 6.24. The van der Waals surface area contributed by atoms with Gasteiger partial charge in [-0.3, -0.25) is 9.59 Å². The first-order valence-corrected chi connectivity index (χ1v) is 8.40. The number of carbonyl (C=O) groups excluding carboxylic acids is 2. The lowest BCUT2D eigenvalue weighted by atomic mass is 10.1. The van der Waals surface area contributed by atoms with E-state index in [2.05, 4.69) is 16.0 Å². The molecule has 0 radical (unpaired) electrons. The molecule has 3 N–H and O–H groups in total. The average molecular weight is 350 g/mol. The van der Waals surface area contributed by atoms with Crippen molar-refractivity contribution in [1.82, 2.24) is 5.32 Å². The fraction of sp³-hybridized carbons (Fsp3) is 0.250. The van der Waals surface area contributed by atoms with Gasteiger partial charge in [-0.1, -0.05) is 32.0 Å². The van der Waals surface area contributed by atoms with Gasteiger partial charge in [-0.05, 0) is 36.2 Å². The lowest BCUT2D eigenvalue weighted by molar-refractivity contribution is -0.114. The summed E-state index contributed by atoms with van der Waals surface area (Å²) >= 11 is 0. The van der Waals surface area contributed by atoms with Crippen LogP contribution in [-0.2, 0) is 4.79 Å². The van der Waals surface area contributed by atoms with E-state index in [4.69, 9.17) is 5.26 Å². The summed E-state index contributed by atoms with van der Waals surface area (Å²) < 4.78 is 0. The zero-order valence-corrected chi connectivity index (χ0v) is 14.9. The van der Waals surface area contributed by atoms with Crippen LogP contribution in [0.3, 0.4) is 0 Å². The van der Waals surface area contributed by atoms with Crippen LogP contribution in [0.5, 0.6) is 0 Å². The zero-order chi connectivity index (χ0) is 18.9. The van der Waals surface area contributed by atoms with Crippen molar-refractivity contribution < 1.29 is 9.59 Å². The van der Waals surface area contributed by atoms with E-state index in [-0.39, 0.29) is 18.4 Å². The minimum Gasteiger partial charge on any atom is -0.376 e. The molecule has 2 aromatic rings. The molecular formula is C20H22N4O2. The van der Waals surface area contributed by atoms with E-state index < -0.39 is 0 Å². The number of nitrogens with zero attached hydrogens (tertiary/aromatic N) is 1. The Bertz CT molecular complexity index is 825. The van der Waals surface area contributed by atoms with Gasteiger partial charge in [0.25, 0.3) is 5.91 Å². The van der Waals surface area contributed by atoms with Gasteiger partial charge in [-0.2, -0.15) is 5.26 Å². The van der Waals surface area contributed by atoms with Crippen molar-refractivity contribution >= 4 is 23.2 Å². The summed E-state index contributed by atoms with van der Waals surface area (Å²) in [5, 5.41) is 17.5. The van der Waals surface area contributed by atoms with Gasteiger partial charge in [0.15, 0.2) is 0 Å². The van der Waals surface area contributed by atoms with E-state index in [0.717, 1.165) is 0 Å². The summed E-state index contributed by atoms with van der Waals surface area (Å²) in [5.74, 6) is -0.158. The van der Waals surface area contributed by atoms with E-state index in [1.165, 1.54) is 0 Å². The molecule has 0 aromatic heterocycles. The van der Waals surface area contributed by atoms with Crippen LogP contribution in [0.4, 0.5) is 11.4 Å². The van der Waals surface area contributed by atoms with E-state index in [9.17, 15) is 9.59 Å². The lowest BCUT2D eigenvalue weighted by Gasteiger charge is -2.13. The summed E-state index contributed by atoms with van der Waals surface area (Å²) in [4.78, 5) is 24.5. The minimum absolute atomic E-state index is 0.0246. The number of carbonyl (C=O) groups is 2. The van der Waals surface area contributed by atoms with Crippen LogP contribution in [0.1, 0.15) is 29.8 Å². The molecule has 6 heteroatoms. The van der Waals surface area contributed by atoms with Crippen LogP contribution in [0.2, 0.25) is 0 Å². The second-order valence-corrected chi connectivity index (χ2v) is 6.24. The van der Waals surface area contributed by atoms with Crippen molar-refractivity contribution in [1.29, 1.82) is 5.26 Å². The molecule has 0 aliphatic rings. The number of rotatable bonds is 7. The molecular weight excluding hydrogens is 328 g/mol. The highest BCUT2D eigenvalue weighted by Gasteiger charge is 2.13. The smallest absolute Gasteiger partial charge is 0.253 e. The number of nitrogens with one attached hydrogen (secondary N) is 3. The first-order chi connectivity index (χ1) is 12.5. The molecule has 0 aliphatic heterocycles. The van der Waals surface area contributed by atoms with Gasteiger partial charge >= 0.3 is 0 Å². The minimum atomic E-state index is -0.281. The SMILES string of the molecule is CC(C)CNC(=O)c1ccccc1NC(=O)CNc1cccc(C#N)c1. The topological polar surface area (TPSA) is 94.0 Å². The first-order valence-electron chi connectivity index (χ1n) is 8.40. The van der Waals surface area contributed by atoms with E-state index in [1.54, 1.807) is 48.5 Å². The predicted octanol–water partition coefficient (Wildman–Crippen LogP) is 2.99. The maximum absolute atomic E-state index is 12.3. The third kappa shape index (κ3) is 5.64. The van der Waals surface area contributed by atoms with Crippen molar-refractivity contribution in [2.45, 2.75) is 13.8 Å². The molecule has 0 fully saturated rings. The fourth-order valence-electron chi connectivity index (χ4n) is 2.26. The number of nitriles is 1. The number of anilines is 2. The van der Waals surface area contributed by atoms with Crippen LogP contribution in [0.25, 0.3) is 0 Å². The van der Waals surface area contributed by atoms with Gasteiger partial charge in [0, 0.05) is 12.2 Å². The molecule has 2 amide bonds. The van der Waals surface area contributed by atoms with Crippen LogP contribution < -0.4 is 16.0 Å². The van der Waals surface area contributed by atoms with Crippen molar-refractivity contribution in [2.75, 3.05) is 23.7 Å². The third-order valence-corrected chi connectivity index (χ3v) is 3.56. The van der Waals surface area contributed by atoms with Crippen LogP contribution in [0, 0.1) is 17.2 Å². The molecule has 0 saturated heterocycles.